The van der Waals surface area contributed by atoms with E-state index in [0.717, 1.165) is 5.56 Å². The Bertz CT molecular complexity index is 410. The second-order valence-electron chi connectivity index (χ2n) is 4.32. The van der Waals surface area contributed by atoms with E-state index in [1.165, 1.54) is 13.8 Å². The molecule has 0 aromatic heterocycles. The highest BCUT2D eigenvalue weighted by Crippen LogP contribution is 2.18. The maximum atomic E-state index is 12.4. The molecule has 1 aromatic carbocycles. The van der Waals surface area contributed by atoms with Crippen LogP contribution in [0.2, 0.25) is 0 Å². The summed E-state index contributed by atoms with van der Waals surface area (Å²) in [6.45, 7) is 4.68. The van der Waals surface area contributed by atoms with Gasteiger partial charge in [0, 0.05) is 18.7 Å². The van der Waals surface area contributed by atoms with Gasteiger partial charge in [-0.1, -0.05) is 12.1 Å². The molecule has 0 fully saturated rings. The van der Waals surface area contributed by atoms with E-state index in [2.05, 4.69) is 10.6 Å². The number of carbonyl (C=O) groups excluding carboxylic acids is 1. The zero-order chi connectivity index (χ0) is 13.7. The second kappa shape index (κ2) is 6.44. The average Bonchev–Trinajstić information content (AvgIpc) is 2.28. The summed E-state index contributed by atoms with van der Waals surface area (Å²) < 4.78 is 24.9. The van der Waals surface area contributed by atoms with Crippen molar-refractivity contribution in [3.05, 3.63) is 29.8 Å². The highest BCUT2D eigenvalue weighted by molar-refractivity contribution is 5.88. The first kappa shape index (κ1) is 14.6. The quantitative estimate of drug-likeness (QED) is 0.850. The second-order valence-corrected chi connectivity index (χ2v) is 4.32. The van der Waals surface area contributed by atoms with E-state index in [0.29, 0.717) is 5.69 Å². The predicted molar refractivity (Wildman–Crippen MR) is 67.8 cm³/mol. The fraction of sp³-hybridized carbons (Fsp3) is 0.462. The third-order valence-electron chi connectivity index (χ3n) is 2.60. The molecule has 0 saturated heterocycles. The normalized spacial score (nSPS) is 14.3. The molecule has 1 amide bonds. The number of halogens is 2. The van der Waals surface area contributed by atoms with Gasteiger partial charge < -0.3 is 10.6 Å². The van der Waals surface area contributed by atoms with Crippen molar-refractivity contribution < 1.29 is 13.6 Å². The lowest BCUT2D eigenvalue weighted by Gasteiger charge is -2.20. The molecule has 0 saturated carbocycles. The Morgan fingerprint density at radius 1 is 1.28 bits per heavy atom. The smallest absolute Gasteiger partial charge is 0.253 e. The average molecular weight is 256 g/mol. The molecular formula is C13H18F2N2O. The highest BCUT2D eigenvalue weighted by atomic mass is 19.3. The zero-order valence-corrected chi connectivity index (χ0v) is 10.7. The topological polar surface area (TPSA) is 41.1 Å². The van der Waals surface area contributed by atoms with Crippen LogP contribution in [0.1, 0.15) is 32.4 Å². The summed E-state index contributed by atoms with van der Waals surface area (Å²) in [5.74, 6) is -0.159. The molecule has 0 bridgehead atoms. The summed E-state index contributed by atoms with van der Waals surface area (Å²) in [5, 5.41) is 5.47. The van der Waals surface area contributed by atoms with Crippen LogP contribution in [0, 0.1) is 0 Å². The molecule has 2 N–H and O–H groups in total. The lowest BCUT2D eigenvalue weighted by molar-refractivity contribution is -0.114. The van der Waals surface area contributed by atoms with Gasteiger partial charge in [0.25, 0.3) is 6.43 Å². The molecule has 0 aliphatic carbocycles. The van der Waals surface area contributed by atoms with Crippen LogP contribution in [0.4, 0.5) is 14.5 Å². The van der Waals surface area contributed by atoms with Crippen molar-refractivity contribution in [2.24, 2.45) is 0 Å². The molecule has 5 heteroatoms. The predicted octanol–water partition coefficient (Wildman–Crippen LogP) is 2.95. The van der Waals surface area contributed by atoms with Gasteiger partial charge in [0.2, 0.25) is 5.91 Å². The molecule has 100 valence electrons. The van der Waals surface area contributed by atoms with Crippen LogP contribution in [0.15, 0.2) is 24.3 Å². The molecule has 1 rings (SSSR count). The molecule has 18 heavy (non-hydrogen) atoms. The Morgan fingerprint density at radius 3 is 2.50 bits per heavy atom. The maximum absolute atomic E-state index is 12.4. The van der Waals surface area contributed by atoms with E-state index in [9.17, 15) is 13.6 Å². The van der Waals surface area contributed by atoms with Gasteiger partial charge in [-0.2, -0.15) is 0 Å². The molecule has 0 radical (unpaired) electrons. The van der Waals surface area contributed by atoms with Gasteiger partial charge >= 0.3 is 0 Å². The fourth-order valence-electron chi connectivity index (χ4n) is 1.65. The lowest BCUT2D eigenvalue weighted by atomic mass is 10.1. The third kappa shape index (κ3) is 4.41. The SMILES string of the molecule is CC(=O)Nc1cccc(C(C)NC(C)C(F)F)c1. The van der Waals surface area contributed by atoms with E-state index in [1.54, 1.807) is 18.2 Å². The molecular weight excluding hydrogens is 238 g/mol. The number of benzene rings is 1. The van der Waals surface area contributed by atoms with Crippen LogP contribution >= 0.6 is 0 Å². The molecule has 0 aliphatic heterocycles. The number of alkyl halides is 2. The van der Waals surface area contributed by atoms with Crippen LogP contribution in [0.25, 0.3) is 0 Å². The number of nitrogens with one attached hydrogen (secondary N) is 2. The largest absolute Gasteiger partial charge is 0.326 e. The summed E-state index contributed by atoms with van der Waals surface area (Å²) in [4.78, 5) is 10.9. The van der Waals surface area contributed by atoms with E-state index in [-0.39, 0.29) is 11.9 Å². The van der Waals surface area contributed by atoms with Gasteiger partial charge in [0.05, 0.1) is 6.04 Å². The Labute approximate surface area is 106 Å². The molecule has 3 nitrogen and oxygen atoms in total. The van der Waals surface area contributed by atoms with Gasteiger partial charge in [-0.3, -0.25) is 4.79 Å². The van der Waals surface area contributed by atoms with Crippen molar-refractivity contribution >= 4 is 11.6 Å². The van der Waals surface area contributed by atoms with Crippen molar-refractivity contribution in [2.75, 3.05) is 5.32 Å². The lowest BCUT2D eigenvalue weighted by Crippen LogP contribution is -2.34. The number of anilines is 1. The zero-order valence-electron chi connectivity index (χ0n) is 10.7. The van der Waals surface area contributed by atoms with Gasteiger partial charge in [0.1, 0.15) is 0 Å². The minimum absolute atomic E-state index is 0.159. The molecule has 1 aromatic rings. The van der Waals surface area contributed by atoms with Crippen molar-refractivity contribution in [1.82, 2.24) is 5.32 Å². The first-order chi connectivity index (χ1) is 8.40. The Hall–Kier alpha value is -1.49. The summed E-state index contributed by atoms with van der Waals surface area (Å²) in [7, 11) is 0. The number of hydrogen-bond donors (Lipinski definition) is 2. The first-order valence-electron chi connectivity index (χ1n) is 5.82. The standard InChI is InChI=1S/C13H18F2N2O/c1-8(16-9(2)13(14)15)11-5-4-6-12(7-11)17-10(3)18/h4-9,13,16H,1-3H3,(H,17,18). The van der Waals surface area contributed by atoms with Crippen LogP contribution in [0.3, 0.4) is 0 Å². The maximum Gasteiger partial charge on any atom is 0.253 e. The van der Waals surface area contributed by atoms with E-state index in [1.807, 2.05) is 13.0 Å². The van der Waals surface area contributed by atoms with Crippen LogP contribution in [-0.2, 0) is 4.79 Å². The highest BCUT2D eigenvalue weighted by Gasteiger charge is 2.17. The van der Waals surface area contributed by atoms with Crippen molar-refractivity contribution in [2.45, 2.75) is 39.3 Å². The Balaban J connectivity index is 2.73. The summed E-state index contributed by atoms with van der Waals surface area (Å²) >= 11 is 0. The molecule has 0 heterocycles. The summed E-state index contributed by atoms with van der Waals surface area (Å²) in [6.07, 6.45) is -2.40. The van der Waals surface area contributed by atoms with Gasteiger partial charge in [0.15, 0.2) is 0 Å². The first-order valence-corrected chi connectivity index (χ1v) is 5.82. The fourth-order valence-corrected chi connectivity index (χ4v) is 1.65. The van der Waals surface area contributed by atoms with Gasteiger partial charge in [-0.25, -0.2) is 8.78 Å². The van der Waals surface area contributed by atoms with E-state index >= 15 is 0 Å². The van der Waals surface area contributed by atoms with E-state index in [4.69, 9.17) is 0 Å². The van der Waals surface area contributed by atoms with Crippen molar-refractivity contribution in [3.8, 4) is 0 Å². The minimum atomic E-state index is -2.40. The van der Waals surface area contributed by atoms with E-state index < -0.39 is 12.5 Å². The third-order valence-corrected chi connectivity index (χ3v) is 2.60. The monoisotopic (exact) mass is 256 g/mol. The van der Waals surface area contributed by atoms with Crippen molar-refractivity contribution in [1.29, 1.82) is 0 Å². The van der Waals surface area contributed by atoms with Crippen molar-refractivity contribution in [3.63, 3.8) is 0 Å². The minimum Gasteiger partial charge on any atom is -0.326 e. The summed E-state index contributed by atoms with van der Waals surface area (Å²) in [6, 6.07) is 6.07. The number of hydrogen-bond acceptors (Lipinski definition) is 2. The van der Waals surface area contributed by atoms with Crippen LogP contribution < -0.4 is 10.6 Å². The Morgan fingerprint density at radius 2 is 1.94 bits per heavy atom. The van der Waals surface area contributed by atoms with Gasteiger partial charge in [-0.05, 0) is 31.5 Å². The van der Waals surface area contributed by atoms with Crippen LogP contribution in [-0.4, -0.2) is 18.4 Å². The molecule has 2 unspecified atom stereocenters. The molecule has 2 atom stereocenters. The number of carbonyl (C=O) groups is 1. The number of rotatable bonds is 5. The molecule has 0 aliphatic rings. The molecule has 0 spiro atoms. The Kier molecular flexibility index (Phi) is 5.22. The van der Waals surface area contributed by atoms with Crippen LogP contribution in [0.5, 0.6) is 0 Å². The summed E-state index contributed by atoms with van der Waals surface area (Å²) in [5.41, 5.74) is 1.52. The number of amides is 1. The van der Waals surface area contributed by atoms with Gasteiger partial charge in [-0.15, -0.1) is 0 Å².